The van der Waals surface area contributed by atoms with Crippen LogP contribution in [0.4, 0.5) is 0 Å². The quantitative estimate of drug-likeness (QED) is 0.889. The van der Waals surface area contributed by atoms with Crippen LogP contribution in [0.25, 0.3) is 10.8 Å². The molecule has 2 atom stereocenters. The molecular formula is C19H25NO. The van der Waals surface area contributed by atoms with E-state index in [4.69, 9.17) is 4.74 Å². The molecule has 0 amide bonds. The Morgan fingerprint density at radius 3 is 2.76 bits per heavy atom. The lowest BCUT2D eigenvalue weighted by Gasteiger charge is -2.20. The molecule has 2 nitrogen and oxygen atoms in total. The highest BCUT2D eigenvalue weighted by atomic mass is 16.5. The molecule has 0 aromatic heterocycles. The highest BCUT2D eigenvalue weighted by Crippen LogP contribution is 2.35. The monoisotopic (exact) mass is 283 g/mol. The summed E-state index contributed by atoms with van der Waals surface area (Å²) in [6.45, 7) is 7.51. The van der Waals surface area contributed by atoms with Crippen LogP contribution in [0.5, 0.6) is 0 Å². The summed E-state index contributed by atoms with van der Waals surface area (Å²) in [6, 6.07) is 15.3. The zero-order chi connectivity index (χ0) is 14.7. The van der Waals surface area contributed by atoms with E-state index < -0.39 is 0 Å². The van der Waals surface area contributed by atoms with Gasteiger partial charge < -0.3 is 10.1 Å². The summed E-state index contributed by atoms with van der Waals surface area (Å²) in [7, 11) is 0. The summed E-state index contributed by atoms with van der Waals surface area (Å²) in [6.07, 6.45) is 1.40. The van der Waals surface area contributed by atoms with E-state index in [1.54, 1.807) is 0 Å². The molecule has 21 heavy (non-hydrogen) atoms. The maximum absolute atomic E-state index is 6.02. The second kappa shape index (κ2) is 6.59. The summed E-state index contributed by atoms with van der Waals surface area (Å²) < 4.78 is 6.02. The predicted octanol–water partition coefficient (Wildman–Crippen LogP) is 4.16. The highest BCUT2D eigenvalue weighted by Gasteiger charge is 2.29. The average Bonchev–Trinajstić information content (AvgIpc) is 2.95. The molecule has 0 bridgehead atoms. The Morgan fingerprint density at radius 1 is 1.14 bits per heavy atom. The van der Waals surface area contributed by atoms with Crippen LogP contribution in [0.3, 0.4) is 0 Å². The third-order valence-corrected chi connectivity index (χ3v) is 4.28. The number of nitrogens with one attached hydrogen (secondary N) is 1. The fraction of sp³-hybridized carbons (Fsp3) is 0.474. The third kappa shape index (κ3) is 3.45. The van der Waals surface area contributed by atoms with Gasteiger partial charge in [0.1, 0.15) is 0 Å². The lowest BCUT2D eigenvalue weighted by Crippen LogP contribution is -2.27. The van der Waals surface area contributed by atoms with Gasteiger partial charge in [-0.2, -0.15) is 0 Å². The van der Waals surface area contributed by atoms with Crippen molar-refractivity contribution in [3.8, 4) is 0 Å². The first-order valence-electron chi connectivity index (χ1n) is 8.05. The number of rotatable bonds is 5. The Kier molecular flexibility index (Phi) is 4.57. The molecule has 1 aliphatic heterocycles. The Labute approximate surface area is 127 Å². The largest absolute Gasteiger partial charge is 0.373 e. The van der Waals surface area contributed by atoms with Crippen molar-refractivity contribution in [2.45, 2.75) is 26.4 Å². The Bertz CT molecular complexity index is 593. The lowest BCUT2D eigenvalue weighted by molar-refractivity contribution is 0.0905. The average molecular weight is 283 g/mol. The van der Waals surface area contributed by atoms with Crippen LogP contribution < -0.4 is 5.32 Å². The second-order valence-electron chi connectivity index (χ2n) is 6.50. The van der Waals surface area contributed by atoms with Crippen LogP contribution in [-0.4, -0.2) is 19.7 Å². The minimum atomic E-state index is 0.245. The molecule has 2 aromatic rings. The van der Waals surface area contributed by atoms with Crippen molar-refractivity contribution in [3.63, 3.8) is 0 Å². The lowest BCUT2D eigenvalue weighted by atomic mass is 9.93. The zero-order valence-corrected chi connectivity index (χ0v) is 13.0. The predicted molar refractivity (Wildman–Crippen MR) is 88.5 cm³/mol. The zero-order valence-electron chi connectivity index (χ0n) is 13.0. The molecule has 1 heterocycles. The normalized spacial score (nSPS) is 22.2. The molecule has 1 aliphatic rings. The molecular weight excluding hydrogens is 258 g/mol. The Morgan fingerprint density at radius 2 is 1.95 bits per heavy atom. The van der Waals surface area contributed by atoms with Crippen molar-refractivity contribution in [2.24, 2.45) is 11.8 Å². The van der Waals surface area contributed by atoms with Gasteiger partial charge in [-0.05, 0) is 41.3 Å². The number of hydrogen-bond acceptors (Lipinski definition) is 2. The van der Waals surface area contributed by atoms with E-state index in [2.05, 4.69) is 61.6 Å². The van der Waals surface area contributed by atoms with Crippen LogP contribution in [0.2, 0.25) is 0 Å². The van der Waals surface area contributed by atoms with Crippen molar-refractivity contribution in [1.29, 1.82) is 0 Å². The molecule has 0 spiro atoms. The van der Waals surface area contributed by atoms with Gasteiger partial charge in [0.2, 0.25) is 0 Å². The molecule has 1 fully saturated rings. The first kappa shape index (κ1) is 14.6. The van der Waals surface area contributed by atoms with E-state index in [-0.39, 0.29) is 6.10 Å². The smallest absolute Gasteiger partial charge is 0.0866 e. The van der Waals surface area contributed by atoms with Gasteiger partial charge in [0.05, 0.1) is 6.10 Å². The summed E-state index contributed by atoms with van der Waals surface area (Å²) in [5.41, 5.74) is 1.32. The van der Waals surface area contributed by atoms with Crippen LogP contribution in [0, 0.1) is 11.8 Å². The summed E-state index contributed by atoms with van der Waals surface area (Å²) in [4.78, 5) is 0. The number of benzene rings is 2. The van der Waals surface area contributed by atoms with Crippen LogP contribution in [-0.2, 0) is 4.74 Å². The maximum atomic E-state index is 6.02. The van der Waals surface area contributed by atoms with Crippen molar-refractivity contribution in [1.82, 2.24) is 5.32 Å². The molecule has 3 rings (SSSR count). The van der Waals surface area contributed by atoms with Crippen molar-refractivity contribution >= 4 is 10.8 Å². The van der Waals surface area contributed by atoms with Crippen molar-refractivity contribution in [3.05, 3.63) is 48.0 Å². The van der Waals surface area contributed by atoms with Crippen molar-refractivity contribution in [2.75, 3.05) is 19.7 Å². The maximum Gasteiger partial charge on any atom is 0.0866 e. The van der Waals surface area contributed by atoms with Gasteiger partial charge in [0.15, 0.2) is 0 Å². The molecule has 2 aromatic carbocycles. The molecule has 0 saturated carbocycles. The number of fused-ring (bicyclic) bond motifs is 1. The Hall–Kier alpha value is -1.38. The van der Waals surface area contributed by atoms with Gasteiger partial charge in [-0.25, -0.2) is 0 Å². The second-order valence-corrected chi connectivity index (χ2v) is 6.50. The van der Waals surface area contributed by atoms with E-state index in [1.165, 1.54) is 16.3 Å². The SMILES string of the molecule is CC(C)CNCC1CCOC1c1ccc2ccccc2c1. The van der Waals surface area contributed by atoms with Gasteiger partial charge >= 0.3 is 0 Å². The molecule has 2 heteroatoms. The first-order chi connectivity index (χ1) is 10.2. The molecule has 0 aliphatic carbocycles. The molecule has 112 valence electrons. The van der Waals surface area contributed by atoms with E-state index >= 15 is 0 Å². The standard InChI is InChI=1S/C19H25NO/c1-14(2)12-20-13-18-9-10-21-19(18)17-8-7-15-5-3-4-6-16(15)11-17/h3-8,11,14,18-20H,9-10,12-13H2,1-2H3. The number of ether oxygens (including phenoxy) is 1. The summed E-state index contributed by atoms with van der Waals surface area (Å²) in [5, 5.41) is 6.19. The minimum Gasteiger partial charge on any atom is -0.373 e. The molecule has 2 unspecified atom stereocenters. The van der Waals surface area contributed by atoms with E-state index in [0.717, 1.165) is 26.1 Å². The van der Waals surface area contributed by atoms with E-state index in [1.807, 2.05) is 0 Å². The van der Waals surface area contributed by atoms with Crippen LogP contribution in [0.15, 0.2) is 42.5 Å². The molecule has 0 radical (unpaired) electrons. The molecule has 1 N–H and O–H groups in total. The highest BCUT2D eigenvalue weighted by molar-refractivity contribution is 5.83. The topological polar surface area (TPSA) is 21.3 Å². The van der Waals surface area contributed by atoms with Gasteiger partial charge in [0.25, 0.3) is 0 Å². The fourth-order valence-corrected chi connectivity index (χ4v) is 3.15. The summed E-state index contributed by atoms with van der Waals surface area (Å²) in [5.74, 6) is 1.29. The van der Waals surface area contributed by atoms with Gasteiger partial charge in [-0.1, -0.05) is 50.2 Å². The number of hydrogen-bond donors (Lipinski definition) is 1. The van der Waals surface area contributed by atoms with Crippen LogP contribution >= 0.6 is 0 Å². The third-order valence-electron chi connectivity index (χ3n) is 4.28. The summed E-state index contributed by atoms with van der Waals surface area (Å²) >= 11 is 0. The van der Waals surface area contributed by atoms with Gasteiger partial charge in [0, 0.05) is 19.1 Å². The van der Waals surface area contributed by atoms with Gasteiger partial charge in [-0.15, -0.1) is 0 Å². The fourth-order valence-electron chi connectivity index (χ4n) is 3.15. The van der Waals surface area contributed by atoms with E-state index in [0.29, 0.717) is 11.8 Å². The minimum absolute atomic E-state index is 0.245. The first-order valence-corrected chi connectivity index (χ1v) is 8.05. The van der Waals surface area contributed by atoms with Gasteiger partial charge in [-0.3, -0.25) is 0 Å². The molecule has 1 saturated heterocycles. The van der Waals surface area contributed by atoms with E-state index in [9.17, 15) is 0 Å². The van der Waals surface area contributed by atoms with Crippen molar-refractivity contribution < 1.29 is 4.74 Å². The Balaban J connectivity index is 1.73. The van der Waals surface area contributed by atoms with Crippen LogP contribution in [0.1, 0.15) is 31.9 Å².